The number of rotatable bonds is 2. The molecule has 0 fully saturated rings. The zero-order valence-electron chi connectivity index (χ0n) is 10.5. The minimum absolute atomic E-state index is 0.439. The summed E-state index contributed by atoms with van der Waals surface area (Å²) in [4.78, 5) is 0.787. The van der Waals surface area contributed by atoms with Crippen molar-refractivity contribution < 1.29 is 9.84 Å². The molecule has 0 saturated carbocycles. The van der Waals surface area contributed by atoms with Gasteiger partial charge in [-0.2, -0.15) is 5.26 Å². The number of nitriles is 1. The molecule has 2 unspecified atom stereocenters. The average molecular weight is 350 g/mol. The van der Waals surface area contributed by atoms with E-state index < -0.39 is 11.5 Å². The summed E-state index contributed by atoms with van der Waals surface area (Å²) in [6, 6.07) is 13.5. The van der Waals surface area contributed by atoms with Gasteiger partial charge in [-0.05, 0) is 34.1 Å². The monoisotopic (exact) mass is 349 g/mol. The Labute approximate surface area is 129 Å². The van der Waals surface area contributed by atoms with Gasteiger partial charge in [0.25, 0.3) is 0 Å². The van der Waals surface area contributed by atoms with Crippen molar-refractivity contribution in [2.24, 2.45) is 0 Å². The van der Waals surface area contributed by atoms with E-state index in [1.54, 1.807) is 0 Å². The van der Waals surface area contributed by atoms with E-state index in [2.05, 4.69) is 22.0 Å². The Kier molecular flexibility index (Phi) is 3.55. The molecule has 0 bridgehead atoms. The summed E-state index contributed by atoms with van der Waals surface area (Å²) >= 11 is 4.85. The molecule has 0 aliphatic carbocycles. The summed E-state index contributed by atoms with van der Waals surface area (Å²) in [6.45, 7) is 0.439. The second kappa shape index (κ2) is 5.21. The number of hydrogen-bond donors (Lipinski definition) is 1. The molecule has 1 aromatic heterocycles. The third-order valence-corrected chi connectivity index (χ3v) is 5.33. The van der Waals surface area contributed by atoms with Crippen molar-refractivity contribution in [2.75, 3.05) is 6.61 Å². The summed E-state index contributed by atoms with van der Waals surface area (Å²) < 4.78 is 6.55. The van der Waals surface area contributed by atoms with Gasteiger partial charge in [0.2, 0.25) is 0 Å². The molecule has 0 radical (unpaired) electrons. The minimum Gasteiger partial charge on any atom is -0.493 e. The van der Waals surface area contributed by atoms with Gasteiger partial charge in [-0.25, -0.2) is 0 Å². The number of hydrogen-bond acceptors (Lipinski definition) is 4. The predicted molar refractivity (Wildman–Crippen MR) is 80.8 cm³/mol. The summed E-state index contributed by atoms with van der Waals surface area (Å²) in [5.41, 5.74) is -0.176. The first-order valence-electron chi connectivity index (χ1n) is 6.24. The molecular weight excluding hydrogens is 338 g/mol. The number of fused-ring (bicyclic) bond motifs is 1. The van der Waals surface area contributed by atoms with Crippen molar-refractivity contribution in [3.05, 3.63) is 50.6 Å². The summed E-state index contributed by atoms with van der Waals surface area (Å²) in [7, 11) is 0. The van der Waals surface area contributed by atoms with Gasteiger partial charge in [-0.15, -0.1) is 11.3 Å². The Morgan fingerprint density at radius 1 is 1.35 bits per heavy atom. The van der Waals surface area contributed by atoms with Crippen molar-refractivity contribution in [2.45, 2.75) is 17.9 Å². The number of halogens is 1. The predicted octanol–water partition coefficient (Wildman–Crippen LogP) is 3.79. The Bertz CT molecular complexity index is 679. The van der Waals surface area contributed by atoms with E-state index in [4.69, 9.17) is 4.74 Å². The first kappa shape index (κ1) is 13.6. The minimum atomic E-state index is -0.945. The highest BCUT2D eigenvalue weighted by atomic mass is 79.9. The molecule has 5 heteroatoms. The Balaban J connectivity index is 2.12. The van der Waals surface area contributed by atoms with Crippen LogP contribution in [0.1, 0.15) is 23.0 Å². The second-order valence-electron chi connectivity index (χ2n) is 4.72. The van der Waals surface area contributed by atoms with Crippen LogP contribution in [0.25, 0.3) is 0 Å². The molecule has 20 heavy (non-hydrogen) atoms. The Hall–Kier alpha value is -1.35. The van der Waals surface area contributed by atoms with Crippen LogP contribution in [0, 0.1) is 11.3 Å². The van der Waals surface area contributed by atoms with E-state index in [1.165, 1.54) is 11.3 Å². The Morgan fingerprint density at radius 2 is 2.15 bits per heavy atom. The van der Waals surface area contributed by atoms with Crippen LogP contribution in [0.3, 0.4) is 0 Å². The van der Waals surface area contributed by atoms with Crippen molar-refractivity contribution in [1.29, 1.82) is 5.26 Å². The van der Waals surface area contributed by atoms with E-state index in [1.807, 2.05) is 36.4 Å². The van der Waals surface area contributed by atoms with Crippen molar-refractivity contribution >= 4 is 27.3 Å². The first-order chi connectivity index (χ1) is 9.67. The highest BCUT2D eigenvalue weighted by Gasteiger charge is 2.45. The van der Waals surface area contributed by atoms with E-state index >= 15 is 0 Å². The SMILES string of the molecule is N#CC1(C(O)c2ccc(Br)s2)CCOc2ccccc21. The fourth-order valence-corrected chi connectivity index (χ4v) is 4.10. The molecule has 1 aromatic carbocycles. The molecule has 3 rings (SSSR count). The van der Waals surface area contributed by atoms with E-state index in [0.717, 1.165) is 14.2 Å². The van der Waals surface area contributed by atoms with Gasteiger partial charge in [-0.3, -0.25) is 0 Å². The number of ether oxygens (including phenoxy) is 1. The third-order valence-electron chi connectivity index (χ3n) is 3.65. The van der Waals surface area contributed by atoms with Gasteiger partial charge in [0.15, 0.2) is 0 Å². The summed E-state index contributed by atoms with van der Waals surface area (Å²) in [5, 5.41) is 20.5. The van der Waals surface area contributed by atoms with Crippen molar-refractivity contribution in [3.63, 3.8) is 0 Å². The molecular formula is C15H12BrNO2S. The van der Waals surface area contributed by atoms with E-state index in [-0.39, 0.29) is 0 Å². The maximum absolute atomic E-state index is 10.8. The van der Waals surface area contributed by atoms with Gasteiger partial charge < -0.3 is 9.84 Å². The largest absolute Gasteiger partial charge is 0.493 e. The highest BCUT2D eigenvalue weighted by molar-refractivity contribution is 9.11. The van der Waals surface area contributed by atoms with Crippen molar-refractivity contribution in [1.82, 2.24) is 0 Å². The average Bonchev–Trinajstić information content (AvgIpc) is 2.92. The number of para-hydroxylation sites is 1. The topological polar surface area (TPSA) is 53.2 Å². The standard InChI is InChI=1S/C15H12BrNO2S/c16-13-6-5-12(20-13)14(18)15(9-17)7-8-19-11-4-2-1-3-10(11)15/h1-6,14,18H,7-8H2. The van der Waals surface area contributed by atoms with Crippen LogP contribution in [-0.4, -0.2) is 11.7 Å². The summed E-state index contributed by atoms with van der Waals surface area (Å²) in [6.07, 6.45) is -0.370. The van der Waals surface area contributed by atoms with Crippen LogP contribution in [0.2, 0.25) is 0 Å². The fraction of sp³-hybridized carbons (Fsp3) is 0.267. The van der Waals surface area contributed by atoms with E-state index in [9.17, 15) is 10.4 Å². The molecule has 1 N–H and O–H groups in total. The highest BCUT2D eigenvalue weighted by Crippen LogP contribution is 2.47. The maximum Gasteiger partial charge on any atom is 0.124 e. The molecule has 0 spiro atoms. The van der Waals surface area contributed by atoms with Crippen LogP contribution >= 0.6 is 27.3 Å². The van der Waals surface area contributed by atoms with Gasteiger partial charge in [0.1, 0.15) is 17.3 Å². The Morgan fingerprint density at radius 3 is 2.85 bits per heavy atom. The second-order valence-corrected chi connectivity index (χ2v) is 7.22. The molecule has 1 aliphatic heterocycles. The van der Waals surface area contributed by atoms with E-state index in [0.29, 0.717) is 18.8 Å². The zero-order chi connectivity index (χ0) is 14.2. The first-order valence-corrected chi connectivity index (χ1v) is 7.85. The quantitative estimate of drug-likeness (QED) is 0.897. The number of benzene rings is 1. The lowest BCUT2D eigenvalue weighted by Crippen LogP contribution is -2.37. The van der Waals surface area contributed by atoms with Crippen LogP contribution in [0.5, 0.6) is 5.75 Å². The van der Waals surface area contributed by atoms with Crippen LogP contribution in [0.4, 0.5) is 0 Å². The lowest BCUT2D eigenvalue weighted by molar-refractivity contribution is 0.0834. The smallest absolute Gasteiger partial charge is 0.124 e. The van der Waals surface area contributed by atoms with Gasteiger partial charge in [-0.1, -0.05) is 18.2 Å². The number of nitrogens with zero attached hydrogens (tertiary/aromatic N) is 1. The fourth-order valence-electron chi connectivity index (χ4n) is 2.60. The lowest BCUT2D eigenvalue weighted by Gasteiger charge is -2.36. The molecule has 2 atom stereocenters. The molecule has 102 valence electrons. The maximum atomic E-state index is 10.8. The lowest BCUT2D eigenvalue weighted by atomic mass is 9.72. The molecule has 0 saturated heterocycles. The molecule has 1 aliphatic rings. The molecule has 0 amide bonds. The van der Waals surface area contributed by atoms with Gasteiger partial charge >= 0.3 is 0 Å². The van der Waals surface area contributed by atoms with Gasteiger partial charge in [0.05, 0.1) is 16.5 Å². The normalized spacial score (nSPS) is 22.4. The molecule has 2 aromatic rings. The number of aliphatic hydroxyl groups is 1. The van der Waals surface area contributed by atoms with Crippen LogP contribution in [-0.2, 0) is 5.41 Å². The third kappa shape index (κ3) is 2.05. The molecule has 3 nitrogen and oxygen atoms in total. The molecule has 2 heterocycles. The van der Waals surface area contributed by atoms with Crippen LogP contribution in [0.15, 0.2) is 40.2 Å². The van der Waals surface area contributed by atoms with Gasteiger partial charge in [0, 0.05) is 16.9 Å². The summed E-state index contributed by atoms with van der Waals surface area (Å²) in [5.74, 6) is 0.690. The number of aliphatic hydroxyl groups excluding tert-OH is 1. The van der Waals surface area contributed by atoms with Crippen molar-refractivity contribution in [3.8, 4) is 11.8 Å². The number of thiophene rings is 1. The zero-order valence-corrected chi connectivity index (χ0v) is 12.9. The van der Waals surface area contributed by atoms with Crippen LogP contribution < -0.4 is 4.74 Å².